The summed E-state index contributed by atoms with van der Waals surface area (Å²) in [4.78, 5) is 0. The Labute approximate surface area is 141 Å². The van der Waals surface area contributed by atoms with Gasteiger partial charge in [0, 0.05) is 17.0 Å². The zero-order valence-corrected chi connectivity index (χ0v) is 14.0. The summed E-state index contributed by atoms with van der Waals surface area (Å²) in [6.07, 6.45) is 7.38. The van der Waals surface area contributed by atoms with Gasteiger partial charge in [0.15, 0.2) is 0 Å². The average Bonchev–Trinajstić information content (AvgIpc) is 2.58. The molecule has 0 aromatic rings. The lowest BCUT2D eigenvalue weighted by atomic mass is 9.75. The normalized spacial score (nSPS) is 38.8. The zero-order chi connectivity index (χ0) is 16.2. The predicted molar refractivity (Wildman–Crippen MR) is 88.6 cm³/mol. The SMILES string of the molecule is ONNC1CC(C2=CCCNC2C2C=C(Cl)CCC2F)CCN1. The smallest absolute Gasteiger partial charge is 0.109 e. The minimum Gasteiger partial charge on any atom is -0.309 e. The first kappa shape index (κ1) is 17.3. The quantitative estimate of drug-likeness (QED) is 0.398. The zero-order valence-electron chi connectivity index (χ0n) is 13.2. The van der Waals surface area contributed by atoms with Gasteiger partial charge in [-0.2, -0.15) is 0 Å². The lowest BCUT2D eigenvalue weighted by Crippen LogP contribution is -2.54. The molecular formula is C16H26ClFN4O. The van der Waals surface area contributed by atoms with E-state index in [-0.39, 0.29) is 18.1 Å². The van der Waals surface area contributed by atoms with Crippen molar-refractivity contribution in [2.45, 2.75) is 50.5 Å². The van der Waals surface area contributed by atoms with Crippen LogP contribution in [0.4, 0.5) is 4.39 Å². The summed E-state index contributed by atoms with van der Waals surface area (Å²) in [6.45, 7) is 1.75. The van der Waals surface area contributed by atoms with E-state index in [1.165, 1.54) is 5.57 Å². The molecule has 2 aliphatic heterocycles. The fourth-order valence-electron chi connectivity index (χ4n) is 4.08. The van der Waals surface area contributed by atoms with Crippen LogP contribution in [0.3, 0.4) is 0 Å². The van der Waals surface area contributed by atoms with E-state index in [0.29, 0.717) is 18.8 Å². The fourth-order valence-corrected chi connectivity index (χ4v) is 4.33. The largest absolute Gasteiger partial charge is 0.309 e. The van der Waals surface area contributed by atoms with E-state index in [9.17, 15) is 4.39 Å². The van der Waals surface area contributed by atoms with Crippen molar-refractivity contribution in [2.24, 2.45) is 11.8 Å². The molecule has 3 rings (SSSR count). The van der Waals surface area contributed by atoms with Gasteiger partial charge in [-0.25, -0.2) is 9.82 Å². The van der Waals surface area contributed by atoms with Crippen molar-refractivity contribution in [3.8, 4) is 0 Å². The highest BCUT2D eigenvalue weighted by Crippen LogP contribution is 2.37. The van der Waals surface area contributed by atoms with Gasteiger partial charge >= 0.3 is 0 Å². The number of nitrogens with one attached hydrogen (secondary N) is 4. The third kappa shape index (κ3) is 4.13. The molecule has 0 spiro atoms. The molecule has 0 bridgehead atoms. The molecule has 5 unspecified atom stereocenters. The Morgan fingerprint density at radius 3 is 2.96 bits per heavy atom. The number of alkyl halides is 1. The molecule has 23 heavy (non-hydrogen) atoms. The van der Waals surface area contributed by atoms with Crippen LogP contribution in [-0.2, 0) is 0 Å². The lowest BCUT2D eigenvalue weighted by Gasteiger charge is -2.40. The van der Waals surface area contributed by atoms with Crippen molar-refractivity contribution < 1.29 is 9.60 Å². The maximum Gasteiger partial charge on any atom is 0.109 e. The van der Waals surface area contributed by atoms with E-state index < -0.39 is 6.17 Å². The third-order valence-corrected chi connectivity index (χ3v) is 5.51. The summed E-state index contributed by atoms with van der Waals surface area (Å²) >= 11 is 6.18. The first-order valence-corrected chi connectivity index (χ1v) is 8.88. The van der Waals surface area contributed by atoms with Crippen LogP contribution in [0.25, 0.3) is 0 Å². The van der Waals surface area contributed by atoms with Crippen molar-refractivity contribution >= 4 is 11.6 Å². The molecule has 2 heterocycles. The van der Waals surface area contributed by atoms with Gasteiger partial charge in [0.25, 0.3) is 0 Å². The number of hydrogen-bond donors (Lipinski definition) is 5. The van der Waals surface area contributed by atoms with Gasteiger partial charge in [-0.15, -0.1) is 5.59 Å². The number of hydrogen-bond acceptors (Lipinski definition) is 5. The van der Waals surface area contributed by atoms with Gasteiger partial charge in [-0.3, -0.25) is 0 Å². The van der Waals surface area contributed by atoms with Crippen molar-refractivity contribution in [3.05, 3.63) is 22.8 Å². The summed E-state index contributed by atoms with van der Waals surface area (Å²) in [7, 11) is 0. The molecule has 1 saturated heterocycles. The number of rotatable bonds is 4. The molecular weight excluding hydrogens is 319 g/mol. The third-order valence-electron chi connectivity index (χ3n) is 5.20. The van der Waals surface area contributed by atoms with E-state index >= 15 is 0 Å². The molecule has 3 aliphatic rings. The topological polar surface area (TPSA) is 68.3 Å². The maximum absolute atomic E-state index is 14.5. The second-order valence-corrected chi connectivity index (χ2v) is 7.14. The Morgan fingerprint density at radius 1 is 1.26 bits per heavy atom. The highest BCUT2D eigenvalue weighted by molar-refractivity contribution is 6.29. The molecule has 0 aromatic heterocycles. The Balaban J connectivity index is 1.76. The van der Waals surface area contributed by atoms with E-state index in [4.69, 9.17) is 16.8 Å². The molecule has 0 aromatic carbocycles. The monoisotopic (exact) mass is 344 g/mol. The molecule has 1 aliphatic carbocycles. The minimum absolute atomic E-state index is 0.00823. The Bertz CT molecular complexity index is 471. The summed E-state index contributed by atoms with van der Waals surface area (Å²) in [6, 6.07) is 0.0265. The molecule has 1 fully saturated rings. The van der Waals surface area contributed by atoms with E-state index in [1.54, 1.807) is 0 Å². The molecule has 7 heteroatoms. The van der Waals surface area contributed by atoms with Crippen molar-refractivity contribution in [1.29, 1.82) is 0 Å². The first-order chi connectivity index (χ1) is 11.2. The van der Waals surface area contributed by atoms with Crippen LogP contribution in [-0.4, -0.2) is 36.7 Å². The molecule has 130 valence electrons. The van der Waals surface area contributed by atoms with Gasteiger partial charge in [0.05, 0.1) is 6.17 Å². The van der Waals surface area contributed by atoms with Gasteiger partial charge < -0.3 is 15.8 Å². The van der Waals surface area contributed by atoms with Crippen LogP contribution in [0, 0.1) is 11.8 Å². The molecule has 0 amide bonds. The maximum atomic E-state index is 14.5. The number of piperidine rings is 1. The number of halogens is 2. The Morgan fingerprint density at radius 2 is 2.13 bits per heavy atom. The second kappa shape index (κ2) is 8.05. The van der Waals surface area contributed by atoms with Gasteiger partial charge in [-0.1, -0.05) is 29.3 Å². The van der Waals surface area contributed by atoms with E-state index in [0.717, 1.165) is 37.4 Å². The molecule has 0 saturated carbocycles. The van der Waals surface area contributed by atoms with Crippen molar-refractivity contribution in [1.82, 2.24) is 21.6 Å². The van der Waals surface area contributed by atoms with Crippen molar-refractivity contribution in [2.75, 3.05) is 13.1 Å². The van der Waals surface area contributed by atoms with Crippen LogP contribution in [0.5, 0.6) is 0 Å². The Kier molecular flexibility index (Phi) is 6.07. The highest BCUT2D eigenvalue weighted by atomic mass is 35.5. The number of allylic oxidation sites excluding steroid dienone is 1. The van der Waals surface area contributed by atoms with E-state index in [2.05, 4.69) is 22.1 Å². The highest BCUT2D eigenvalue weighted by Gasteiger charge is 2.37. The van der Waals surface area contributed by atoms with Crippen LogP contribution < -0.4 is 21.6 Å². The van der Waals surface area contributed by atoms with Crippen LogP contribution in [0.2, 0.25) is 0 Å². The van der Waals surface area contributed by atoms with Crippen LogP contribution in [0.15, 0.2) is 22.8 Å². The fraction of sp³-hybridized carbons (Fsp3) is 0.750. The average molecular weight is 345 g/mol. The lowest BCUT2D eigenvalue weighted by molar-refractivity contribution is 0.0838. The van der Waals surface area contributed by atoms with Crippen molar-refractivity contribution in [3.63, 3.8) is 0 Å². The van der Waals surface area contributed by atoms with Gasteiger partial charge in [-0.05, 0) is 51.1 Å². The standard InChI is InChI=1S/C16H26ClFN4O/c17-11-3-4-14(18)13(9-11)16-12(2-1-6-20-16)10-5-7-19-15(8-10)21-22-23/h2,9-10,13-16,19-23H,1,3-8H2. The summed E-state index contributed by atoms with van der Waals surface area (Å²) in [5.41, 5.74) is 6.12. The summed E-state index contributed by atoms with van der Waals surface area (Å²) in [5, 5.41) is 16.4. The predicted octanol–water partition coefficient (Wildman–Crippen LogP) is 1.95. The molecule has 0 radical (unpaired) electrons. The second-order valence-electron chi connectivity index (χ2n) is 6.65. The Hall–Kier alpha value is -0.500. The molecule has 5 nitrogen and oxygen atoms in total. The minimum atomic E-state index is -0.841. The summed E-state index contributed by atoms with van der Waals surface area (Å²) < 4.78 is 14.5. The van der Waals surface area contributed by atoms with Crippen LogP contribution in [0.1, 0.15) is 32.1 Å². The van der Waals surface area contributed by atoms with E-state index in [1.807, 2.05) is 11.7 Å². The molecule has 5 N–H and O–H groups in total. The number of hydrazine groups is 1. The summed E-state index contributed by atoms with van der Waals surface area (Å²) in [5.74, 6) is 0.196. The van der Waals surface area contributed by atoms with Crippen LogP contribution >= 0.6 is 11.6 Å². The first-order valence-electron chi connectivity index (χ1n) is 8.50. The molecule has 5 atom stereocenters. The van der Waals surface area contributed by atoms with Gasteiger partial charge in [0.1, 0.15) is 6.17 Å². The van der Waals surface area contributed by atoms with Gasteiger partial charge in [0.2, 0.25) is 0 Å².